The van der Waals surface area contributed by atoms with Crippen LogP contribution in [0.4, 0.5) is 0 Å². The smallest absolute Gasteiger partial charge is 0.0316 e. The van der Waals surface area contributed by atoms with Gasteiger partial charge in [-0.1, -0.05) is 0 Å². The maximum absolute atomic E-state index is 11.2. The van der Waals surface area contributed by atoms with Gasteiger partial charge >= 0.3 is 0 Å². The summed E-state index contributed by atoms with van der Waals surface area (Å²) in [5.74, 6) is 0.777. The predicted molar refractivity (Wildman–Crippen MR) is 77.3 cm³/mol. The molecule has 18 heavy (non-hydrogen) atoms. The Morgan fingerprint density at radius 3 is 3.00 bits per heavy atom. The van der Waals surface area contributed by atoms with Crippen LogP contribution in [0.1, 0.15) is 55.2 Å². The van der Waals surface area contributed by atoms with Crippen molar-refractivity contribution in [3.8, 4) is 0 Å². The van der Waals surface area contributed by atoms with E-state index in [2.05, 4.69) is 24.5 Å². The van der Waals surface area contributed by atoms with E-state index in [0.717, 1.165) is 25.0 Å². The monoisotopic (exact) mass is 268 g/mol. The standard InChI is InChI=1S/C14H24N2OS/c1-10(7-8-18(3)17)16-11(2)9-12-13(15)5-4-6-14(12)16/h9-10,13H,4-8,15H2,1-3H3. The van der Waals surface area contributed by atoms with Gasteiger partial charge in [0.2, 0.25) is 0 Å². The Kier molecular flexibility index (Phi) is 4.28. The third-order valence-corrected chi connectivity index (χ3v) is 4.77. The van der Waals surface area contributed by atoms with E-state index in [1.165, 1.54) is 23.4 Å². The lowest BCUT2D eigenvalue weighted by molar-refractivity contribution is 0.477. The Bertz CT molecular complexity index is 453. The average Bonchev–Trinajstić information content (AvgIpc) is 2.64. The topological polar surface area (TPSA) is 48.0 Å². The van der Waals surface area contributed by atoms with Crippen LogP contribution in [0.15, 0.2) is 6.07 Å². The first-order valence-corrected chi connectivity index (χ1v) is 8.49. The number of hydrogen-bond acceptors (Lipinski definition) is 2. The van der Waals surface area contributed by atoms with Gasteiger partial charge in [0, 0.05) is 46.3 Å². The van der Waals surface area contributed by atoms with Crippen molar-refractivity contribution in [2.45, 2.75) is 51.6 Å². The lowest BCUT2D eigenvalue weighted by atomic mass is 9.93. The lowest BCUT2D eigenvalue weighted by Crippen LogP contribution is -2.20. The summed E-state index contributed by atoms with van der Waals surface area (Å²) in [6.07, 6.45) is 6.17. The second kappa shape index (κ2) is 5.57. The molecule has 0 aromatic carbocycles. The van der Waals surface area contributed by atoms with Crippen LogP contribution in [-0.4, -0.2) is 20.8 Å². The molecule has 0 aliphatic heterocycles. The molecule has 1 aromatic heterocycles. The van der Waals surface area contributed by atoms with Gasteiger partial charge in [-0.05, 0) is 51.2 Å². The Morgan fingerprint density at radius 2 is 2.33 bits per heavy atom. The summed E-state index contributed by atoms with van der Waals surface area (Å²) < 4.78 is 13.6. The zero-order valence-electron chi connectivity index (χ0n) is 11.6. The molecule has 2 rings (SSSR count). The van der Waals surface area contributed by atoms with Gasteiger partial charge < -0.3 is 10.3 Å². The molecule has 1 aliphatic carbocycles. The minimum absolute atomic E-state index is 0.209. The van der Waals surface area contributed by atoms with Crippen molar-refractivity contribution in [1.82, 2.24) is 4.57 Å². The van der Waals surface area contributed by atoms with Crippen LogP contribution in [0.5, 0.6) is 0 Å². The molecule has 0 spiro atoms. The average molecular weight is 268 g/mol. The fourth-order valence-corrected chi connectivity index (χ4v) is 3.71. The van der Waals surface area contributed by atoms with Gasteiger partial charge in [-0.25, -0.2) is 0 Å². The molecule has 0 saturated carbocycles. The maximum Gasteiger partial charge on any atom is 0.0316 e. The minimum Gasteiger partial charge on any atom is -0.346 e. The van der Waals surface area contributed by atoms with E-state index < -0.39 is 10.8 Å². The SMILES string of the molecule is Cc1cc2c(n1C(C)CCS(C)=O)CCCC2N. The van der Waals surface area contributed by atoms with Crippen LogP contribution < -0.4 is 5.73 Å². The number of nitrogens with two attached hydrogens (primary N) is 1. The lowest BCUT2D eigenvalue weighted by Gasteiger charge is -2.24. The highest BCUT2D eigenvalue weighted by Crippen LogP contribution is 2.33. The molecule has 3 atom stereocenters. The van der Waals surface area contributed by atoms with Crippen molar-refractivity contribution in [1.29, 1.82) is 0 Å². The van der Waals surface area contributed by atoms with Crippen molar-refractivity contribution in [2.24, 2.45) is 5.73 Å². The first-order valence-electron chi connectivity index (χ1n) is 6.77. The van der Waals surface area contributed by atoms with E-state index in [9.17, 15) is 4.21 Å². The molecule has 1 aliphatic rings. The van der Waals surface area contributed by atoms with Crippen LogP contribution >= 0.6 is 0 Å². The van der Waals surface area contributed by atoms with E-state index in [4.69, 9.17) is 5.73 Å². The maximum atomic E-state index is 11.2. The molecule has 3 nitrogen and oxygen atoms in total. The first-order chi connectivity index (χ1) is 8.50. The number of nitrogens with zero attached hydrogens (tertiary/aromatic N) is 1. The summed E-state index contributed by atoms with van der Waals surface area (Å²) in [7, 11) is -0.701. The van der Waals surface area contributed by atoms with Crippen molar-refractivity contribution in [3.63, 3.8) is 0 Å². The molecule has 0 bridgehead atoms. The Balaban J connectivity index is 2.24. The summed E-state index contributed by atoms with van der Waals surface area (Å²) in [6.45, 7) is 4.38. The highest BCUT2D eigenvalue weighted by atomic mass is 32.2. The van der Waals surface area contributed by atoms with Crippen molar-refractivity contribution >= 4 is 10.8 Å². The quantitative estimate of drug-likeness (QED) is 0.912. The largest absolute Gasteiger partial charge is 0.346 e. The highest BCUT2D eigenvalue weighted by Gasteiger charge is 2.23. The fraction of sp³-hybridized carbons (Fsp3) is 0.714. The summed E-state index contributed by atoms with van der Waals surface area (Å²) in [4.78, 5) is 0. The Hall–Kier alpha value is -0.610. The Morgan fingerprint density at radius 1 is 1.61 bits per heavy atom. The molecule has 0 fully saturated rings. The minimum atomic E-state index is -0.701. The molecule has 3 unspecified atom stereocenters. The van der Waals surface area contributed by atoms with Crippen LogP contribution in [0.2, 0.25) is 0 Å². The van der Waals surface area contributed by atoms with E-state index in [-0.39, 0.29) is 6.04 Å². The molecule has 4 heteroatoms. The molecule has 1 aromatic rings. The highest BCUT2D eigenvalue weighted by molar-refractivity contribution is 7.84. The van der Waals surface area contributed by atoms with E-state index in [1.54, 1.807) is 6.26 Å². The summed E-state index contributed by atoms with van der Waals surface area (Å²) in [5.41, 5.74) is 10.2. The zero-order valence-corrected chi connectivity index (χ0v) is 12.4. The first kappa shape index (κ1) is 13.8. The van der Waals surface area contributed by atoms with Crippen molar-refractivity contribution < 1.29 is 4.21 Å². The van der Waals surface area contributed by atoms with Gasteiger partial charge in [0.05, 0.1) is 0 Å². The van der Waals surface area contributed by atoms with Crippen LogP contribution in [0.3, 0.4) is 0 Å². The normalized spacial score (nSPS) is 22.6. The van der Waals surface area contributed by atoms with E-state index in [0.29, 0.717) is 6.04 Å². The van der Waals surface area contributed by atoms with E-state index in [1.807, 2.05) is 0 Å². The zero-order chi connectivity index (χ0) is 13.3. The summed E-state index contributed by atoms with van der Waals surface area (Å²) >= 11 is 0. The van der Waals surface area contributed by atoms with Crippen molar-refractivity contribution in [3.05, 3.63) is 23.0 Å². The molecule has 102 valence electrons. The van der Waals surface area contributed by atoms with Crippen LogP contribution in [0.25, 0.3) is 0 Å². The van der Waals surface area contributed by atoms with Gasteiger partial charge in [-0.3, -0.25) is 4.21 Å². The predicted octanol–water partition coefficient (Wildman–Crippen LogP) is 2.46. The van der Waals surface area contributed by atoms with E-state index >= 15 is 0 Å². The number of rotatable bonds is 4. The number of hydrogen-bond donors (Lipinski definition) is 1. The second-order valence-electron chi connectivity index (χ2n) is 5.47. The second-order valence-corrected chi connectivity index (χ2v) is 7.03. The van der Waals surface area contributed by atoms with Gasteiger partial charge in [0.25, 0.3) is 0 Å². The van der Waals surface area contributed by atoms with Gasteiger partial charge in [-0.2, -0.15) is 0 Å². The molecule has 0 saturated heterocycles. The number of aryl methyl sites for hydroxylation is 1. The third-order valence-electron chi connectivity index (χ3n) is 3.96. The number of fused-ring (bicyclic) bond motifs is 1. The molecule has 0 amide bonds. The molecular formula is C14H24N2OS. The molecule has 2 N–H and O–H groups in total. The Labute approximate surface area is 112 Å². The van der Waals surface area contributed by atoms with Crippen LogP contribution in [0, 0.1) is 6.92 Å². The molecular weight excluding hydrogens is 244 g/mol. The third kappa shape index (κ3) is 2.69. The molecule has 1 heterocycles. The van der Waals surface area contributed by atoms with Crippen LogP contribution in [-0.2, 0) is 17.2 Å². The fourth-order valence-electron chi connectivity index (χ4n) is 3.04. The van der Waals surface area contributed by atoms with Crippen molar-refractivity contribution in [2.75, 3.05) is 12.0 Å². The van der Waals surface area contributed by atoms with Gasteiger partial charge in [0.1, 0.15) is 0 Å². The van der Waals surface area contributed by atoms with Gasteiger partial charge in [0.15, 0.2) is 0 Å². The summed E-state index contributed by atoms with van der Waals surface area (Å²) in [5, 5.41) is 0. The number of aromatic nitrogens is 1. The van der Waals surface area contributed by atoms with Gasteiger partial charge in [-0.15, -0.1) is 0 Å². The molecule has 0 radical (unpaired) electrons. The summed E-state index contributed by atoms with van der Waals surface area (Å²) in [6, 6.07) is 2.88.